The van der Waals surface area contributed by atoms with Gasteiger partial charge < -0.3 is 4.18 Å². The quantitative estimate of drug-likeness (QED) is 0.832. The Hall–Kier alpha value is -0.000000000000000167. The first-order valence-electron chi connectivity index (χ1n) is 2.94. The molecule has 0 spiro atoms. The number of hydrogen-bond donors (Lipinski definition) is 1. The summed E-state index contributed by atoms with van der Waals surface area (Å²) in [7, 11) is 0. The lowest BCUT2D eigenvalue weighted by atomic mass is 10.3. The summed E-state index contributed by atoms with van der Waals surface area (Å²) in [6.45, 7) is 0. The maximum absolute atomic E-state index is 10.3. The highest BCUT2D eigenvalue weighted by Gasteiger charge is 2.11. The number of benzene rings is 1. The Bertz CT molecular complexity index is 332. The standard InChI is InChI=1S/C6H3Cl3O3S/c7-3-1-4(8)6(5(9)2-3)12-13(10)11/h1-2H,(H,10,11). The average Bonchev–Trinajstić information content (AvgIpc) is 1.96. The van der Waals surface area contributed by atoms with Crippen molar-refractivity contribution in [1.82, 2.24) is 0 Å². The first kappa shape index (κ1) is 11.1. The molecule has 1 N–H and O–H groups in total. The first-order valence-corrected chi connectivity index (χ1v) is 5.11. The van der Waals surface area contributed by atoms with Crippen LogP contribution in [0.5, 0.6) is 5.75 Å². The van der Waals surface area contributed by atoms with E-state index in [9.17, 15) is 4.21 Å². The maximum Gasteiger partial charge on any atom is 0.357 e. The SMILES string of the molecule is O=S(O)Oc1c(Cl)cc(Cl)cc1Cl. The number of hydrogen-bond acceptors (Lipinski definition) is 2. The van der Waals surface area contributed by atoms with Crippen molar-refractivity contribution in [1.29, 1.82) is 0 Å². The molecule has 3 nitrogen and oxygen atoms in total. The van der Waals surface area contributed by atoms with Crippen LogP contribution in [0.1, 0.15) is 0 Å². The zero-order valence-corrected chi connectivity index (χ0v) is 9.04. The molecule has 0 fully saturated rings. The lowest BCUT2D eigenvalue weighted by molar-refractivity contribution is 0.458. The highest BCUT2D eigenvalue weighted by molar-refractivity contribution is 7.74. The second kappa shape index (κ2) is 4.48. The summed E-state index contributed by atoms with van der Waals surface area (Å²) in [6, 6.07) is 2.72. The third kappa shape index (κ3) is 3.00. The van der Waals surface area contributed by atoms with Crippen LogP contribution in [0, 0.1) is 0 Å². The van der Waals surface area contributed by atoms with Gasteiger partial charge in [0.05, 0.1) is 10.0 Å². The molecule has 0 aromatic heterocycles. The van der Waals surface area contributed by atoms with E-state index >= 15 is 0 Å². The molecule has 13 heavy (non-hydrogen) atoms. The van der Waals surface area contributed by atoms with E-state index in [-0.39, 0.29) is 15.8 Å². The second-order valence-corrected chi connectivity index (χ2v) is 3.85. The number of halogens is 3. The minimum Gasteiger partial charge on any atom is -0.377 e. The normalized spacial score (nSPS) is 12.6. The summed E-state index contributed by atoms with van der Waals surface area (Å²) < 4.78 is 23.2. The molecule has 0 aliphatic heterocycles. The van der Waals surface area contributed by atoms with Gasteiger partial charge in [-0.1, -0.05) is 34.8 Å². The van der Waals surface area contributed by atoms with Crippen LogP contribution in [0.15, 0.2) is 12.1 Å². The van der Waals surface area contributed by atoms with Crippen molar-refractivity contribution in [3.05, 3.63) is 27.2 Å². The molecule has 1 aromatic carbocycles. The Morgan fingerprint density at radius 2 is 1.69 bits per heavy atom. The van der Waals surface area contributed by atoms with Gasteiger partial charge in [-0.2, -0.15) is 4.21 Å². The van der Waals surface area contributed by atoms with Crippen LogP contribution >= 0.6 is 34.8 Å². The van der Waals surface area contributed by atoms with Crippen LogP contribution in [0.25, 0.3) is 0 Å². The highest BCUT2D eigenvalue weighted by Crippen LogP contribution is 2.35. The van der Waals surface area contributed by atoms with Crippen molar-refractivity contribution >= 4 is 46.2 Å². The van der Waals surface area contributed by atoms with Crippen LogP contribution in [0.3, 0.4) is 0 Å². The van der Waals surface area contributed by atoms with Crippen molar-refractivity contribution in [2.75, 3.05) is 0 Å². The topological polar surface area (TPSA) is 46.5 Å². The predicted octanol–water partition coefficient (Wildman–Crippen LogP) is 3.16. The summed E-state index contributed by atoms with van der Waals surface area (Å²) in [5, 5.41) is 0.492. The van der Waals surface area contributed by atoms with Gasteiger partial charge in [0.2, 0.25) is 0 Å². The van der Waals surface area contributed by atoms with E-state index in [1.807, 2.05) is 0 Å². The predicted molar refractivity (Wildman–Crippen MR) is 52.9 cm³/mol. The van der Waals surface area contributed by atoms with Crippen LogP contribution in [-0.4, -0.2) is 8.76 Å². The van der Waals surface area contributed by atoms with Crippen molar-refractivity contribution in [2.24, 2.45) is 0 Å². The van der Waals surface area contributed by atoms with Crippen molar-refractivity contribution in [3.8, 4) is 5.75 Å². The minimum atomic E-state index is -2.46. The fourth-order valence-electron chi connectivity index (χ4n) is 0.680. The molecule has 1 unspecified atom stereocenters. The van der Waals surface area contributed by atoms with Crippen LogP contribution in [0.2, 0.25) is 15.1 Å². The Labute approximate surface area is 92.0 Å². The zero-order valence-electron chi connectivity index (χ0n) is 5.96. The Balaban J connectivity index is 3.13. The van der Waals surface area contributed by atoms with Crippen molar-refractivity contribution in [2.45, 2.75) is 0 Å². The monoisotopic (exact) mass is 260 g/mol. The fourth-order valence-corrected chi connectivity index (χ4v) is 1.99. The third-order valence-electron chi connectivity index (χ3n) is 1.12. The van der Waals surface area contributed by atoms with E-state index in [0.29, 0.717) is 5.02 Å². The smallest absolute Gasteiger partial charge is 0.357 e. The van der Waals surface area contributed by atoms with Gasteiger partial charge in [0.15, 0.2) is 5.75 Å². The van der Waals surface area contributed by atoms with Gasteiger partial charge in [0.25, 0.3) is 0 Å². The molecular weight excluding hydrogens is 258 g/mol. The molecule has 0 heterocycles. The van der Waals surface area contributed by atoms with Gasteiger partial charge in [-0.25, -0.2) is 0 Å². The molecule has 7 heteroatoms. The minimum absolute atomic E-state index is 0.0615. The van der Waals surface area contributed by atoms with E-state index in [2.05, 4.69) is 4.18 Å². The van der Waals surface area contributed by atoms with Crippen LogP contribution in [-0.2, 0) is 11.4 Å². The zero-order chi connectivity index (χ0) is 10.0. The summed E-state index contributed by atoms with van der Waals surface area (Å²) in [5.74, 6) is -0.0615. The molecule has 72 valence electrons. The van der Waals surface area contributed by atoms with Crippen molar-refractivity contribution < 1.29 is 12.9 Å². The van der Waals surface area contributed by atoms with E-state index in [0.717, 1.165) is 0 Å². The van der Waals surface area contributed by atoms with Crippen LogP contribution < -0.4 is 4.18 Å². The molecule has 1 aromatic rings. The molecule has 1 atom stereocenters. The van der Waals surface area contributed by atoms with Gasteiger partial charge in [-0.3, -0.25) is 4.55 Å². The summed E-state index contributed by atoms with van der Waals surface area (Å²) in [4.78, 5) is 0. The molecule has 0 bridgehead atoms. The highest BCUT2D eigenvalue weighted by atomic mass is 35.5. The average molecular weight is 262 g/mol. The Morgan fingerprint density at radius 1 is 1.23 bits per heavy atom. The number of rotatable bonds is 2. The lowest BCUT2D eigenvalue weighted by Gasteiger charge is -2.04. The molecule has 0 aliphatic rings. The van der Waals surface area contributed by atoms with Gasteiger partial charge in [-0.05, 0) is 12.1 Å². The van der Waals surface area contributed by atoms with E-state index in [4.69, 9.17) is 39.4 Å². The largest absolute Gasteiger partial charge is 0.377 e. The maximum atomic E-state index is 10.3. The molecule has 0 aliphatic carbocycles. The van der Waals surface area contributed by atoms with Gasteiger partial charge in [0.1, 0.15) is 0 Å². The summed E-state index contributed by atoms with van der Waals surface area (Å²) >= 11 is 14.4. The van der Waals surface area contributed by atoms with Gasteiger partial charge >= 0.3 is 11.4 Å². The lowest BCUT2D eigenvalue weighted by Crippen LogP contribution is -1.98. The van der Waals surface area contributed by atoms with Gasteiger partial charge in [-0.15, -0.1) is 0 Å². The van der Waals surface area contributed by atoms with Gasteiger partial charge in [0, 0.05) is 5.02 Å². The molecule has 0 radical (unpaired) electrons. The Kier molecular flexibility index (Phi) is 3.82. The second-order valence-electron chi connectivity index (χ2n) is 2.00. The van der Waals surface area contributed by atoms with E-state index in [1.165, 1.54) is 12.1 Å². The van der Waals surface area contributed by atoms with E-state index < -0.39 is 11.4 Å². The first-order chi connectivity index (χ1) is 6.00. The Morgan fingerprint density at radius 3 is 2.08 bits per heavy atom. The molecule has 0 saturated heterocycles. The third-order valence-corrected chi connectivity index (χ3v) is 2.21. The molecular formula is C6H3Cl3O3S. The molecule has 1 rings (SSSR count). The molecule has 0 saturated carbocycles. The molecule has 0 amide bonds. The fraction of sp³-hybridized carbons (Fsp3) is 0. The summed E-state index contributed by atoms with van der Waals surface area (Å²) in [5.41, 5.74) is 0. The van der Waals surface area contributed by atoms with Crippen LogP contribution in [0.4, 0.5) is 0 Å². The summed E-state index contributed by atoms with van der Waals surface area (Å²) in [6.07, 6.45) is 0. The van der Waals surface area contributed by atoms with Crippen molar-refractivity contribution in [3.63, 3.8) is 0 Å². The van der Waals surface area contributed by atoms with E-state index in [1.54, 1.807) is 0 Å².